The Bertz CT molecular complexity index is 935. The monoisotopic (exact) mass is 438 g/mol. The quantitative estimate of drug-likeness (QED) is 0.574. The Labute approximate surface area is 176 Å². The number of carbonyl (C=O) groups is 1. The number of anilines is 1. The van der Waals surface area contributed by atoms with Crippen LogP contribution in [0.15, 0.2) is 48.5 Å². The Morgan fingerprint density at radius 1 is 1.21 bits per heavy atom. The van der Waals surface area contributed by atoms with Gasteiger partial charge in [0.05, 0.1) is 11.9 Å². The second-order valence-corrected chi connectivity index (χ2v) is 9.72. The van der Waals surface area contributed by atoms with Gasteiger partial charge in [0.25, 0.3) is 0 Å². The van der Waals surface area contributed by atoms with Crippen molar-refractivity contribution in [3.63, 3.8) is 0 Å². The minimum Gasteiger partial charge on any atom is -0.353 e. The van der Waals surface area contributed by atoms with E-state index in [1.54, 1.807) is 43.3 Å². The molecule has 2 rings (SSSR count). The molecule has 1 atom stereocenters. The number of sulfonamides is 1. The molecule has 2 aromatic carbocycles. The molecule has 1 N–H and O–H groups in total. The van der Waals surface area contributed by atoms with E-state index >= 15 is 0 Å². The summed E-state index contributed by atoms with van der Waals surface area (Å²) < 4.78 is 39.6. The Kier molecular flexibility index (Phi) is 8.52. The normalized spacial score (nSPS) is 12.4. The minimum absolute atomic E-state index is 0.239. The van der Waals surface area contributed by atoms with Gasteiger partial charge >= 0.3 is 0 Å². The van der Waals surface area contributed by atoms with Gasteiger partial charge < -0.3 is 5.32 Å². The van der Waals surface area contributed by atoms with E-state index in [0.29, 0.717) is 35.7 Å². The molecule has 0 bridgehead atoms. The van der Waals surface area contributed by atoms with Crippen LogP contribution in [0.4, 0.5) is 10.1 Å². The van der Waals surface area contributed by atoms with E-state index in [9.17, 15) is 17.6 Å². The fraction of sp³-hybridized carbons (Fsp3) is 0.381. The SMILES string of the molecule is CC[C@H](C(=O)NCCSCc1ccccc1F)N(c1cccc(C)c1)S(C)(=O)=O. The van der Waals surface area contributed by atoms with Crippen molar-refractivity contribution in [3.8, 4) is 0 Å². The summed E-state index contributed by atoms with van der Waals surface area (Å²) in [5, 5.41) is 2.81. The van der Waals surface area contributed by atoms with Gasteiger partial charge in [-0.2, -0.15) is 11.8 Å². The number of aryl methyl sites for hydroxylation is 1. The summed E-state index contributed by atoms with van der Waals surface area (Å²) >= 11 is 1.51. The first-order valence-electron chi connectivity index (χ1n) is 9.39. The van der Waals surface area contributed by atoms with Gasteiger partial charge in [-0.3, -0.25) is 9.10 Å². The lowest BCUT2D eigenvalue weighted by Gasteiger charge is -2.30. The molecule has 0 aliphatic rings. The molecule has 2 aromatic rings. The molecule has 29 heavy (non-hydrogen) atoms. The first-order chi connectivity index (χ1) is 13.7. The molecule has 0 radical (unpaired) electrons. The van der Waals surface area contributed by atoms with Gasteiger partial charge in [-0.15, -0.1) is 0 Å². The van der Waals surface area contributed by atoms with Gasteiger partial charge in [0, 0.05) is 18.1 Å². The zero-order valence-corrected chi connectivity index (χ0v) is 18.5. The van der Waals surface area contributed by atoms with Crippen molar-refractivity contribution in [3.05, 3.63) is 65.5 Å². The topological polar surface area (TPSA) is 66.5 Å². The molecule has 0 saturated carbocycles. The van der Waals surface area contributed by atoms with Crippen LogP contribution < -0.4 is 9.62 Å². The van der Waals surface area contributed by atoms with Crippen molar-refractivity contribution in [1.82, 2.24) is 5.32 Å². The molecule has 0 spiro atoms. The third-order valence-corrected chi connectivity index (χ3v) is 6.53. The molecule has 1 amide bonds. The standard InChI is InChI=1S/C21H27FN2O3S2/c1-4-20(24(29(3,26)27)18-10-7-8-16(2)14-18)21(25)23-12-13-28-15-17-9-5-6-11-19(17)22/h5-11,14,20H,4,12-13,15H2,1-3H3,(H,23,25)/t20-/m1/s1. The zero-order valence-electron chi connectivity index (χ0n) is 16.9. The van der Waals surface area contributed by atoms with Gasteiger partial charge in [-0.05, 0) is 42.7 Å². The van der Waals surface area contributed by atoms with Crippen LogP contribution in [0.3, 0.4) is 0 Å². The van der Waals surface area contributed by atoms with E-state index in [2.05, 4.69) is 5.32 Å². The number of carbonyl (C=O) groups excluding carboxylic acids is 1. The lowest BCUT2D eigenvalue weighted by atomic mass is 10.1. The first-order valence-corrected chi connectivity index (χ1v) is 12.4. The van der Waals surface area contributed by atoms with Crippen LogP contribution in [-0.4, -0.2) is 38.9 Å². The second-order valence-electron chi connectivity index (χ2n) is 6.76. The molecule has 8 heteroatoms. The lowest BCUT2D eigenvalue weighted by Crippen LogP contribution is -2.49. The summed E-state index contributed by atoms with van der Waals surface area (Å²) in [6.45, 7) is 4.03. The van der Waals surface area contributed by atoms with Crippen molar-refractivity contribution < 1.29 is 17.6 Å². The average Bonchev–Trinajstić information content (AvgIpc) is 2.65. The van der Waals surface area contributed by atoms with E-state index in [4.69, 9.17) is 0 Å². The largest absolute Gasteiger partial charge is 0.353 e. The van der Waals surface area contributed by atoms with Crippen molar-refractivity contribution >= 4 is 33.4 Å². The smallest absolute Gasteiger partial charge is 0.243 e. The van der Waals surface area contributed by atoms with E-state index in [-0.39, 0.29) is 11.7 Å². The highest BCUT2D eigenvalue weighted by molar-refractivity contribution is 7.98. The van der Waals surface area contributed by atoms with Gasteiger partial charge in [0.15, 0.2) is 0 Å². The predicted molar refractivity (Wildman–Crippen MR) is 118 cm³/mol. The molecule has 0 unspecified atom stereocenters. The average molecular weight is 439 g/mol. The molecule has 0 saturated heterocycles. The highest BCUT2D eigenvalue weighted by Crippen LogP contribution is 2.23. The molecule has 158 valence electrons. The van der Waals surface area contributed by atoms with Gasteiger partial charge in [0.1, 0.15) is 11.9 Å². The molecule has 0 heterocycles. The third-order valence-electron chi connectivity index (χ3n) is 4.35. The highest BCUT2D eigenvalue weighted by Gasteiger charge is 2.31. The van der Waals surface area contributed by atoms with Crippen LogP contribution in [-0.2, 0) is 20.6 Å². The molecular weight excluding hydrogens is 411 g/mol. The van der Waals surface area contributed by atoms with Gasteiger partial charge in [-0.1, -0.05) is 37.3 Å². The summed E-state index contributed by atoms with van der Waals surface area (Å²) in [5.74, 6) is 0.529. The van der Waals surface area contributed by atoms with Crippen molar-refractivity contribution in [2.24, 2.45) is 0 Å². The third kappa shape index (κ3) is 6.75. The number of hydrogen-bond acceptors (Lipinski definition) is 4. The number of benzene rings is 2. The number of hydrogen-bond donors (Lipinski definition) is 1. The summed E-state index contributed by atoms with van der Waals surface area (Å²) in [7, 11) is -3.64. The van der Waals surface area contributed by atoms with E-state index in [1.807, 2.05) is 13.0 Å². The van der Waals surface area contributed by atoms with E-state index in [1.165, 1.54) is 22.1 Å². The summed E-state index contributed by atoms with van der Waals surface area (Å²) in [5.41, 5.74) is 2.01. The molecule has 0 aliphatic carbocycles. The van der Waals surface area contributed by atoms with Crippen molar-refractivity contribution in [1.29, 1.82) is 0 Å². The van der Waals surface area contributed by atoms with Gasteiger partial charge in [0.2, 0.25) is 15.9 Å². The Morgan fingerprint density at radius 3 is 2.55 bits per heavy atom. The van der Waals surface area contributed by atoms with E-state index < -0.39 is 16.1 Å². The molecule has 0 fully saturated rings. The first kappa shape index (κ1) is 23.2. The van der Waals surface area contributed by atoms with E-state index in [0.717, 1.165) is 11.8 Å². The van der Waals surface area contributed by atoms with Crippen molar-refractivity contribution in [2.75, 3.05) is 22.9 Å². The maximum atomic E-state index is 13.6. The van der Waals surface area contributed by atoms with Crippen LogP contribution in [0, 0.1) is 12.7 Å². The minimum atomic E-state index is -3.64. The van der Waals surface area contributed by atoms with Crippen LogP contribution in [0.2, 0.25) is 0 Å². The van der Waals surface area contributed by atoms with Crippen molar-refractivity contribution in [2.45, 2.75) is 32.1 Å². The summed E-state index contributed by atoms with van der Waals surface area (Å²) in [4.78, 5) is 12.7. The van der Waals surface area contributed by atoms with Crippen LogP contribution in [0.1, 0.15) is 24.5 Å². The molecule has 0 aromatic heterocycles. The van der Waals surface area contributed by atoms with Gasteiger partial charge in [-0.25, -0.2) is 12.8 Å². The molecule has 0 aliphatic heterocycles. The summed E-state index contributed by atoms with van der Waals surface area (Å²) in [6, 6.07) is 12.9. The number of thioether (sulfide) groups is 1. The zero-order chi connectivity index (χ0) is 21.4. The predicted octanol–water partition coefficient (Wildman–Crippen LogP) is 3.73. The Balaban J connectivity index is 1.98. The van der Waals surface area contributed by atoms with Crippen LogP contribution >= 0.6 is 11.8 Å². The number of rotatable bonds is 10. The Hall–Kier alpha value is -2.06. The molecule has 5 nitrogen and oxygen atoms in total. The molecular formula is C21H27FN2O3S2. The number of nitrogens with zero attached hydrogens (tertiary/aromatic N) is 1. The lowest BCUT2D eigenvalue weighted by molar-refractivity contribution is -0.122. The number of amides is 1. The summed E-state index contributed by atoms with van der Waals surface area (Å²) in [6.07, 6.45) is 1.45. The maximum absolute atomic E-state index is 13.6. The Morgan fingerprint density at radius 2 is 1.93 bits per heavy atom. The number of nitrogens with one attached hydrogen (secondary N) is 1. The highest BCUT2D eigenvalue weighted by atomic mass is 32.2. The maximum Gasteiger partial charge on any atom is 0.243 e. The fourth-order valence-electron chi connectivity index (χ4n) is 2.99. The second kappa shape index (κ2) is 10.6. The van der Waals surface area contributed by atoms with Crippen LogP contribution in [0.5, 0.6) is 0 Å². The fourth-order valence-corrected chi connectivity index (χ4v) is 5.04. The number of halogens is 1. The van der Waals surface area contributed by atoms with Crippen LogP contribution in [0.25, 0.3) is 0 Å².